The lowest BCUT2D eigenvalue weighted by Gasteiger charge is -2.08. The Morgan fingerprint density at radius 1 is 1.40 bits per heavy atom. The van der Waals surface area contributed by atoms with Crippen LogP contribution in [0.5, 0.6) is 0 Å². The van der Waals surface area contributed by atoms with Gasteiger partial charge in [0.15, 0.2) is 0 Å². The van der Waals surface area contributed by atoms with Crippen molar-refractivity contribution in [2.45, 2.75) is 33.2 Å². The summed E-state index contributed by atoms with van der Waals surface area (Å²) in [5, 5.41) is 6.54. The summed E-state index contributed by atoms with van der Waals surface area (Å²) in [6.07, 6.45) is 4.72. The van der Waals surface area contributed by atoms with E-state index < -0.39 is 0 Å². The molecular formula is C11H18N4. The highest BCUT2D eigenvalue weighted by Crippen LogP contribution is 2.46. The molecule has 1 aromatic rings. The zero-order valence-electron chi connectivity index (χ0n) is 9.54. The van der Waals surface area contributed by atoms with Gasteiger partial charge < -0.3 is 10.6 Å². The molecule has 0 spiro atoms. The van der Waals surface area contributed by atoms with Crippen LogP contribution in [0.2, 0.25) is 0 Å². The summed E-state index contributed by atoms with van der Waals surface area (Å²) < 4.78 is 0. The third-order valence-electron chi connectivity index (χ3n) is 2.83. The van der Waals surface area contributed by atoms with E-state index in [1.54, 1.807) is 12.4 Å². The fourth-order valence-electron chi connectivity index (χ4n) is 1.59. The van der Waals surface area contributed by atoms with Crippen molar-refractivity contribution in [3.05, 3.63) is 12.4 Å². The maximum atomic E-state index is 4.42. The van der Waals surface area contributed by atoms with E-state index in [1.165, 1.54) is 6.42 Å². The quantitative estimate of drug-likeness (QED) is 0.792. The van der Waals surface area contributed by atoms with Crippen molar-refractivity contribution < 1.29 is 0 Å². The molecule has 0 aliphatic heterocycles. The molecule has 1 aliphatic rings. The Kier molecular flexibility index (Phi) is 2.50. The predicted molar refractivity (Wildman–Crippen MR) is 62.0 cm³/mol. The average molecular weight is 206 g/mol. The Morgan fingerprint density at radius 3 is 2.67 bits per heavy atom. The summed E-state index contributed by atoms with van der Waals surface area (Å²) >= 11 is 0. The van der Waals surface area contributed by atoms with Crippen molar-refractivity contribution in [2.24, 2.45) is 5.41 Å². The summed E-state index contributed by atoms with van der Waals surface area (Å²) in [5.74, 6) is 1.70. The van der Waals surface area contributed by atoms with Gasteiger partial charge >= 0.3 is 0 Å². The molecule has 82 valence electrons. The normalized spacial score (nSPS) is 22.2. The molecule has 1 fully saturated rings. The number of hydrogen-bond acceptors (Lipinski definition) is 4. The van der Waals surface area contributed by atoms with Gasteiger partial charge in [0.25, 0.3) is 0 Å². The third kappa shape index (κ3) is 2.37. The van der Waals surface area contributed by atoms with Crippen LogP contribution in [0.1, 0.15) is 27.2 Å². The van der Waals surface area contributed by atoms with Gasteiger partial charge in [-0.15, -0.1) is 0 Å². The smallest absolute Gasteiger partial charge is 0.147 e. The highest BCUT2D eigenvalue weighted by molar-refractivity contribution is 5.43. The average Bonchev–Trinajstić information content (AvgIpc) is 2.74. The molecule has 1 unspecified atom stereocenters. The van der Waals surface area contributed by atoms with E-state index in [1.807, 2.05) is 6.92 Å². The first-order chi connectivity index (χ1) is 7.12. The molecule has 0 saturated heterocycles. The van der Waals surface area contributed by atoms with Gasteiger partial charge in [0.2, 0.25) is 0 Å². The monoisotopic (exact) mass is 206 g/mol. The second kappa shape index (κ2) is 3.68. The van der Waals surface area contributed by atoms with Crippen LogP contribution in [0.15, 0.2) is 12.4 Å². The SMILES string of the molecule is CCNc1cncc(NC2CC2(C)C)n1. The molecule has 4 nitrogen and oxygen atoms in total. The van der Waals surface area contributed by atoms with E-state index in [2.05, 4.69) is 34.4 Å². The van der Waals surface area contributed by atoms with Gasteiger partial charge in [-0.2, -0.15) is 0 Å². The largest absolute Gasteiger partial charge is 0.369 e. The molecule has 0 radical (unpaired) electrons. The first kappa shape index (κ1) is 10.2. The molecule has 15 heavy (non-hydrogen) atoms. The molecule has 1 aliphatic carbocycles. The summed E-state index contributed by atoms with van der Waals surface area (Å²) in [5.41, 5.74) is 0.413. The van der Waals surface area contributed by atoms with Crippen molar-refractivity contribution in [1.82, 2.24) is 9.97 Å². The van der Waals surface area contributed by atoms with Crippen LogP contribution in [-0.4, -0.2) is 22.6 Å². The van der Waals surface area contributed by atoms with E-state index in [9.17, 15) is 0 Å². The van der Waals surface area contributed by atoms with Crippen molar-refractivity contribution >= 4 is 11.6 Å². The molecule has 1 saturated carbocycles. The van der Waals surface area contributed by atoms with Crippen molar-refractivity contribution in [2.75, 3.05) is 17.2 Å². The molecule has 0 bridgehead atoms. The van der Waals surface area contributed by atoms with E-state index >= 15 is 0 Å². The molecule has 0 aromatic carbocycles. The standard InChI is InChI=1S/C11H18N4/c1-4-13-9-6-12-7-10(15-9)14-8-5-11(8,2)3/h6-8H,4-5H2,1-3H3,(H2,13,14,15). The van der Waals surface area contributed by atoms with Gasteiger partial charge in [-0.1, -0.05) is 13.8 Å². The third-order valence-corrected chi connectivity index (χ3v) is 2.83. The molecule has 0 amide bonds. The van der Waals surface area contributed by atoms with Crippen LogP contribution in [0.4, 0.5) is 11.6 Å². The molecule has 1 atom stereocenters. The van der Waals surface area contributed by atoms with Gasteiger partial charge in [-0.3, -0.25) is 4.98 Å². The highest BCUT2D eigenvalue weighted by Gasteiger charge is 2.45. The van der Waals surface area contributed by atoms with Crippen LogP contribution < -0.4 is 10.6 Å². The Hall–Kier alpha value is -1.32. The Labute approximate surface area is 90.5 Å². The zero-order chi connectivity index (χ0) is 10.9. The van der Waals surface area contributed by atoms with Crippen LogP contribution in [0.3, 0.4) is 0 Å². The number of nitrogens with one attached hydrogen (secondary N) is 2. The highest BCUT2D eigenvalue weighted by atomic mass is 15.1. The Bertz CT molecular complexity index is 348. The summed E-state index contributed by atoms with van der Waals surface area (Å²) in [6.45, 7) is 7.43. The fraction of sp³-hybridized carbons (Fsp3) is 0.636. The van der Waals surface area contributed by atoms with Crippen LogP contribution >= 0.6 is 0 Å². The molecular weight excluding hydrogens is 188 g/mol. The maximum absolute atomic E-state index is 4.42. The summed E-state index contributed by atoms with van der Waals surface area (Å²) in [4.78, 5) is 8.57. The lowest BCUT2D eigenvalue weighted by Crippen LogP contribution is -2.11. The zero-order valence-corrected chi connectivity index (χ0v) is 9.54. The first-order valence-electron chi connectivity index (χ1n) is 5.44. The topological polar surface area (TPSA) is 49.8 Å². The van der Waals surface area contributed by atoms with E-state index in [-0.39, 0.29) is 0 Å². The predicted octanol–water partition coefficient (Wildman–Crippen LogP) is 2.12. The van der Waals surface area contributed by atoms with Crippen LogP contribution in [-0.2, 0) is 0 Å². The summed E-state index contributed by atoms with van der Waals surface area (Å²) in [7, 11) is 0. The Balaban J connectivity index is 2.00. The van der Waals surface area contributed by atoms with Gasteiger partial charge in [0.1, 0.15) is 11.6 Å². The molecule has 2 rings (SSSR count). The van der Waals surface area contributed by atoms with Crippen molar-refractivity contribution in [1.29, 1.82) is 0 Å². The number of aromatic nitrogens is 2. The molecule has 4 heteroatoms. The van der Waals surface area contributed by atoms with E-state index in [0.29, 0.717) is 11.5 Å². The minimum Gasteiger partial charge on any atom is -0.369 e. The minimum absolute atomic E-state index is 0.413. The first-order valence-corrected chi connectivity index (χ1v) is 5.44. The minimum atomic E-state index is 0.413. The van der Waals surface area contributed by atoms with Gasteiger partial charge in [-0.25, -0.2) is 4.98 Å². The molecule has 1 heterocycles. The van der Waals surface area contributed by atoms with Crippen molar-refractivity contribution in [3.63, 3.8) is 0 Å². The number of anilines is 2. The number of rotatable bonds is 4. The number of hydrogen-bond donors (Lipinski definition) is 2. The second-order valence-corrected chi connectivity index (χ2v) is 4.71. The van der Waals surface area contributed by atoms with Crippen LogP contribution in [0, 0.1) is 5.41 Å². The lowest BCUT2D eigenvalue weighted by atomic mass is 10.2. The van der Waals surface area contributed by atoms with E-state index in [4.69, 9.17) is 0 Å². The summed E-state index contributed by atoms with van der Waals surface area (Å²) in [6, 6.07) is 0.545. The lowest BCUT2D eigenvalue weighted by molar-refractivity contribution is 0.630. The second-order valence-electron chi connectivity index (χ2n) is 4.71. The van der Waals surface area contributed by atoms with Gasteiger partial charge in [0, 0.05) is 12.6 Å². The van der Waals surface area contributed by atoms with Crippen LogP contribution in [0.25, 0.3) is 0 Å². The van der Waals surface area contributed by atoms with Crippen molar-refractivity contribution in [3.8, 4) is 0 Å². The maximum Gasteiger partial charge on any atom is 0.147 e. The molecule has 2 N–H and O–H groups in total. The van der Waals surface area contributed by atoms with Gasteiger partial charge in [-0.05, 0) is 18.8 Å². The van der Waals surface area contributed by atoms with Gasteiger partial charge in [0.05, 0.1) is 12.4 Å². The number of nitrogens with zero attached hydrogens (tertiary/aromatic N) is 2. The fourth-order valence-corrected chi connectivity index (χ4v) is 1.59. The van der Waals surface area contributed by atoms with E-state index in [0.717, 1.165) is 18.2 Å². The Morgan fingerprint density at radius 2 is 2.07 bits per heavy atom. The molecule has 1 aromatic heterocycles.